The van der Waals surface area contributed by atoms with Gasteiger partial charge in [0.25, 0.3) is 0 Å². The molecule has 0 heterocycles. The van der Waals surface area contributed by atoms with Crippen LogP contribution in [-0.2, 0) is 0 Å². The Hall–Kier alpha value is -2.04. The number of ether oxygens (including phenoxy) is 2. The first-order valence-corrected chi connectivity index (χ1v) is 8.02. The molecule has 0 bridgehead atoms. The SMILES string of the molecule is COc1ccc(C(O)c2ccc(Br)cc2)c2c(OC)cccc12. The molecule has 0 aromatic heterocycles. The van der Waals surface area contributed by atoms with Gasteiger partial charge < -0.3 is 14.6 Å². The molecule has 0 aliphatic heterocycles. The molecule has 4 heteroatoms. The fourth-order valence-corrected chi connectivity index (χ4v) is 3.04. The average molecular weight is 373 g/mol. The number of halogens is 1. The number of rotatable bonds is 4. The number of aliphatic hydroxyl groups excluding tert-OH is 1. The van der Waals surface area contributed by atoms with Crippen molar-refractivity contribution in [1.29, 1.82) is 0 Å². The van der Waals surface area contributed by atoms with Crippen LogP contribution in [0, 0.1) is 0 Å². The summed E-state index contributed by atoms with van der Waals surface area (Å²) in [5.74, 6) is 1.47. The second kappa shape index (κ2) is 6.60. The minimum Gasteiger partial charge on any atom is -0.496 e. The highest BCUT2D eigenvalue weighted by Gasteiger charge is 2.18. The molecule has 1 atom stereocenters. The van der Waals surface area contributed by atoms with Crippen LogP contribution in [0.2, 0.25) is 0 Å². The zero-order valence-electron chi connectivity index (χ0n) is 12.9. The molecule has 3 aromatic carbocycles. The summed E-state index contributed by atoms with van der Waals surface area (Å²) in [5, 5.41) is 12.6. The largest absolute Gasteiger partial charge is 0.496 e. The van der Waals surface area contributed by atoms with Crippen LogP contribution < -0.4 is 9.47 Å². The summed E-state index contributed by atoms with van der Waals surface area (Å²) in [5.41, 5.74) is 1.62. The highest BCUT2D eigenvalue weighted by Crippen LogP contribution is 2.39. The Balaban J connectivity index is 2.22. The summed E-state index contributed by atoms with van der Waals surface area (Å²) in [6.07, 6.45) is -0.743. The lowest BCUT2D eigenvalue weighted by atomic mass is 9.95. The Bertz CT molecular complexity index is 828. The Kier molecular flexibility index (Phi) is 4.55. The summed E-state index contributed by atoms with van der Waals surface area (Å²) >= 11 is 3.41. The van der Waals surface area contributed by atoms with Gasteiger partial charge in [0.2, 0.25) is 0 Å². The van der Waals surface area contributed by atoms with E-state index in [0.29, 0.717) is 5.75 Å². The van der Waals surface area contributed by atoms with Gasteiger partial charge >= 0.3 is 0 Å². The van der Waals surface area contributed by atoms with Crippen molar-refractivity contribution in [2.75, 3.05) is 14.2 Å². The van der Waals surface area contributed by atoms with Crippen LogP contribution in [0.1, 0.15) is 17.2 Å². The number of methoxy groups -OCH3 is 2. The topological polar surface area (TPSA) is 38.7 Å². The summed E-state index contributed by atoms with van der Waals surface area (Å²) in [7, 11) is 3.27. The Morgan fingerprint density at radius 2 is 1.57 bits per heavy atom. The van der Waals surface area contributed by atoms with Gasteiger partial charge in [0.1, 0.15) is 17.6 Å². The highest BCUT2D eigenvalue weighted by atomic mass is 79.9. The van der Waals surface area contributed by atoms with E-state index < -0.39 is 6.10 Å². The first-order valence-electron chi connectivity index (χ1n) is 7.23. The molecule has 0 saturated heterocycles. The lowest BCUT2D eigenvalue weighted by Gasteiger charge is -2.18. The van der Waals surface area contributed by atoms with E-state index in [1.54, 1.807) is 14.2 Å². The van der Waals surface area contributed by atoms with Crippen molar-refractivity contribution in [3.63, 3.8) is 0 Å². The van der Waals surface area contributed by atoms with E-state index in [9.17, 15) is 5.11 Å². The molecular weight excluding hydrogens is 356 g/mol. The van der Waals surface area contributed by atoms with Gasteiger partial charge in [-0.15, -0.1) is 0 Å². The molecule has 1 N–H and O–H groups in total. The van der Waals surface area contributed by atoms with Gasteiger partial charge in [0, 0.05) is 15.2 Å². The average Bonchev–Trinajstić information content (AvgIpc) is 2.60. The summed E-state index contributed by atoms with van der Waals surface area (Å²) in [6.45, 7) is 0. The Morgan fingerprint density at radius 3 is 2.22 bits per heavy atom. The third-order valence-corrected chi connectivity index (χ3v) is 4.44. The fourth-order valence-electron chi connectivity index (χ4n) is 2.77. The zero-order valence-corrected chi connectivity index (χ0v) is 14.5. The normalized spacial score (nSPS) is 12.2. The van der Waals surface area contributed by atoms with Crippen LogP contribution in [0.3, 0.4) is 0 Å². The van der Waals surface area contributed by atoms with Gasteiger partial charge in [-0.1, -0.05) is 46.3 Å². The lowest BCUT2D eigenvalue weighted by Crippen LogP contribution is -2.02. The molecule has 118 valence electrons. The third-order valence-electron chi connectivity index (χ3n) is 3.91. The van der Waals surface area contributed by atoms with Crippen molar-refractivity contribution in [2.45, 2.75) is 6.10 Å². The van der Waals surface area contributed by atoms with Gasteiger partial charge in [0.15, 0.2) is 0 Å². The van der Waals surface area contributed by atoms with E-state index in [2.05, 4.69) is 15.9 Å². The molecule has 0 radical (unpaired) electrons. The smallest absolute Gasteiger partial charge is 0.127 e. The molecule has 0 spiro atoms. The summed E-state index contributed by atoms with van der Waals surface area (Å²) in [4.78, 5) is 0. The molecule has 23 heavy (non-hydrogen) atoms. The third kappa shape index (κ3) is 2.92. The van der Waals surface area contributed by atoms with Gasteiger partial charge in [-0.3, -0.25) is 0 Å². The van der Waals surface area contributed by atoms with E-state index in [1.165, 1.54) is 0 Å². The van der Waals surface area contributed by atoms with Gasteiger partial charge in [0.05, 0.1) is 14.2 Å². The van der Waals surface area contributed by atoms with Crippen molar-refractivity contribution >= 4 is 26.7 Å². The molecule has 0 fully saturated rings. The molecular formula is C19H17BrO3. The fraction of sp³-hybridized carbons (Fsp3) is 0.158. The van der Waals surface area contributed by atoms with Crippen LogP contribution in [0.25, 0.3) is 10.8 Å². The van der Waals surface area contributed by atoms with Gasteiger partial charge in [-0.05, 0) is 35.4 Å². The van der Waals surface area contributed by atoms with Crippen LogP contribution in [0.5, 0.6) is 11.5 Å². The number of hydrogen-bond acceptors (Lipinski definition) is 3. The number of hydrogen-bond donors (Lipinski definition) is 1. The minimum atomic E-state index is -0.743. The number of benzene rings is 3. The second-order valence-corrected chi connectivity index (χ2v) is 6.11. The Labute approximate surface area is 143 Å². The maximum atomic E-state index is 10.9. The quantitative estimate of drug-likeness (QED) is 0.721. The maximum Gasteiger partial charge on any atom is 0.127 e. The second-order valence-electron chi connectivity index (χ2n) is 5.19. The standard InChI is InChI=1S/C19H17BrO3/c1-22-16-11-10-15(18-14(16)4-3-5-17(18)23-2)19(21)12-6-8-13(20)9-7-12/h3-11,19,21H,1-2H3. The predicted molar refractivity (Wildman–Crippen MR) is 95.3 cm³/mol. The summed E-state index contributed by atoms with van der Waals surface area (Å²) < 4.78 is 11.9. The monoisotopic (exact) mass is 372 g/mol. The first kappa shape index (κ1) is 15.8. The molecule has 0 amide bonds. The molecule has 3 nitrogen and oxygen atoms in total. The van der Waals surface area contributed by atoms with E-state index in [0.717, 1.165) is 32.1 Å². The van der Waals surface area contributed by atoms with E-state index in [-0.39, 0.29) is 0 Å². The lowest BCUT2D eigenvalue weighted by molar-refractivity contribution is 0.221. The number of aliphatic hydroxyl groups is 1. The number of fused-ring (bicyclic) bond motifs is 1. The van der Waals surface area contributed by atoms with Crippen LogP contribution in [0.15, 0.2) is 59.1 Å². The van der Waals surface area contributed by atoms with Crippen molar-refractivity contribution in [3.8, 4) is 11.5 Å². The van der Waals surface area contributed by atoms with Gasteiger partial charge in [-0.25, -0.2) is 0 Å². The van der Waals surface area contributed by atoms with E-state index in [1.807, 2.05) is 54.6 Å². The van der Waals surface area contributed by atoms with Crippen LogP contribution in [-0.4, -0.2) is 19.3 Å². The molecule has 0 aliphatic carbocycles. The molecule has 0 saturated carbocycles. The van der Waals surface area contributed by atoms with E-state index >= 15 is 0 Å². The maximum absolute atomic E-state index is 10.9. The molecule has 1 unspecified atom stereocenters. The zero-order chi connectivity index (χ0) is 16.4. The molecule has 0 aliphatic rings. The summed E-state index contributed by atoms with van der Waals surface area (Å²) in [6, 6.07) is 17.2. The van der Waals surface area contributed by atoms with Crippen molar-refractivity contribution < 1.29 is 14.6 Å². The molecule has 3 aromatic rings. The van der Waals surface area contributed by atoms with Crippen LogP contribution >= 0.6 is 15.9 Å². The highest BCUT2D eigenvalue weighted by molar-refractivity contribution is 9.10. The van der Waals surface area contributed by atoms with E-state index in [4.69, 9.17) is 9.47 Å². The van der Waals surface area contributed by atoms with Crippen molar-refractivity contribution in [3.05, 3.63) is 70.2 Å². The Morgan fingerprint density at radius 1 is 0.870 bits per heavy atom. The van der Waals surface area contributed by atoms with Gasteiger partial charge in [-0.2, -0.15) is 0 Å². The van der Waals surface area contributed by atoms with Crippen molar-refractivity contribution in [2.24, 2.45) is 0 Å². The van der Waals surface area contributed by atoms with Crippen molar-refractivity contribution in [1.82, 2.24) is 0 Å². The van der Waals surface area contributed by atoms with Crippen LogP contribution in [0.4, 0.5) is 0 Å². The first-order chi connectivity index (χ1) is 11.2. The molecule has 3 rings (SSSR count). The minimum absolute atomic E-state index is 0.715. The predicted octanol–water partition coefficient (Wildman–Crippen LogP) is 4.70.